The lowest BCUT2D eigenvalue weighted by molar-refractivity contribution is -0.145. The van der Waals surface area contributed by atoms with Crippen LogP contribution in [-0.2, 0) is 14.3 Å². The molecule has 0 radical (unpaired) electrons. The topological polar surface area (TPSA) is 55.8 Å². The number of rotatable bonds is 8. The molecule has 5 heteroatoms. The summed E-state index contributed by atoms with van der Waals surface area (Å²) in [6.45, 7) is 11.4. The molecule has 1 amide bonds. The third-order valence-electron chi connectivity index (χ3n) is 3.98. The van der Waals surface area contributed by atoms with Crippen molar-refractivity contribution in [1.29, 1.82) is 0 Å². The Kier molecular flexibility index (Phi) is 8.79. The molecule has 0 aliphatic carbocycles. The Labute approximate surface area is 162 Å². The van der Waals surface area contributed by atoms with Gasteiger partial charge in [-0.25, -0.2) is 4.79 Å². The van der Waals surface area contributed by atoms with Crippen LogP contribution in [0, 0.1) is 5.92 Å². The van der Waals surface area contributed by atoms with Gasteiger partial charge in [-0.3, -0.25) is 4.79 Å². The van der Waals surface area contributed by atoms with Crippen LogP contribution in [0.5, 0.6) is 0 Å². The van der Waals surface area contributed by atoms with Crippen LogP contribution in [0.15, 0.2) is 49.1 Å². The molecule has 0 unspecified atom stereocenters. The third kappa shape index (κ3) is 7.69. The van der Waals surface area contributed by atoms with Gasteiger partial charge < -0.3 is 14.4 Å². The van der Waals surface area contributed by atoms with Crippen molar-refractivity contribution >= 4 is 18.1 Å². The average molecular weight is 373 g/mol. The average Bonchev–Trinajstić information content (AvgIpc) is 2.61. The SMILES string of the molecule is C=CCCN(C(=O)OC(C)(C)C)[C@@H](C)[C@@H](/C=C/c1ccccc1)C(=O)OC. The molecule has 2 atom stereocenters. The Morgan fingerprint density at radius 3 is 2.37 bits per heavy atom. The normalized spacial score (nSPS) is 13.7. The lowest BCUT2D eigenvalue weighted by Crippen LogP contribution is -2.47. The van der Waals surface area contributed by atoms with E-state index in [0.29, 0.717) is 13.0 Å². The zero-order valence-corrected chi connectivity index (χ0v) is 17.0. The summed E-state index contributed by atoms with van der Waals surface area (Å²) in [5.41, 5.74) is 0.345. The number of ether oxygens (including phenoxy) is 2. The Bertz CT molecular complexity index is 646. The van der Waals surface area contributed by atoms with Gasteiger partial charge in [-0.15, -0.1) is 6.58 Å². The molecule has 0 N–H and O–H groups in total. The molecule has 0 saturated carbocycles. The summed E-state index contributed by atoms with van der Waals surface area (Å²) >= 11 is 0. The Morgan fingerprint density at radius 1 is 1.22 bits per heavy atom. The maximum atomic E-state index is 12.7. The Morgan fingerprint density at radius 2 is 1.85 bits per heavy atom. The first kappa shape index (κ1) is 22.5. The monoisotopic (exact) mass is 373 g/mol. The van der Waals surface area contributed by atoms with Crippen molar-refractivity contribution in [2.24, 2.45) is 5.92 Å². The number of methoxy groups -OCH3 is 1. The van der Waals surface area contributed by atoms with E-state index in [1.807, 2.05) is 64.1 Å². The summed E-state index contributed by atoms with van der Waals surface area (Å²) < 4.78 is 10.5. The standard InChI is InChI=1S/C22H31NO4/c1-7-8-16-23(21(25)27-22(3,4)5)17(2)19(20(24)26-6)15-14-18-12-10-9-11-13-18/h7,9-15,17,19H,1,8,16H2,2-6H3/b15-14+/t17-,19+/m0/s1. The van der Waals surface area contributed by atoms with Crippen LogP contribution in [0.1, 0.15) is 39.7 Å². The first-order valence-corrected chi connectivity index (χ1v) is 9.11. The van der Waals surface area contributed by atoms with Gasteiger partial charge in [0.25, 0.3) is 0 Å². The fourth-order valence-electron chi connectivity index (χ4n) is 2.56. The van der Waals surface area contributed by atoms with Crippen molar-refractivity contribution in [3.63, 3.8) is 0 Å². The van der Waals surface area contributed by atoms with E-state index < -0.39 is 29.6 Å². The van der Waals surface area contributed by atoms with Gasteiger partial charge in [0.15, 0.2) is 0 Å². The number of esters is 1. The highest BCUT2D eigenvalue weighted by molar-refractivity contribution is 5.78. The molecular formula is C22H31NO4. The highest BCUT2D eigenvalue weighted by Crippen LogP contribution is 2.20. The molecule has 1 rings (SSSR count). The number of hydrogen-bond donors (Lipinski definition) is 0. The van der Waals surface area contributed by atoms with E-state index in [1.54, 1.807) is 17.1 Å². The zero-order valence-electron chi connectivity index (χ0n) is 17.0. The molecule has 1 aromatic rings. The van der Waals surface area contributed by atoms with Crippen LogP contribution < -0.4 is 0 Å². The number of amides is 1. The molecule has 0 aromatic heterocycles. The van der Waals surface area contributed by atoms with E-state index in [9.17, 15) is 9.59 Å². The molecule has 0 heterocycles. The van der Waals surface area contributed by atoms with Crippen LogP contribution >= 0.6 is 0 Å². The minimum absolute atomic E-state index is 0.401. The van der Waals surface area contributed by atoms with Crippen molar-refractivity contribution in [3.05, 3.63) is 54.6 Å². The van der Waals surface area contributed by atoms with Gasteiger partial charge in [0.05, 0.1) is 13.0 Å². The molecule has 0 aliphatic heterocycles. The summed E-state index contributed by atoms with van der Waals surface area (Å²) in [6, 6.07) is 9.22. The molecule has 0 spiro atoms. The number of benzene rings is 1. The van der Waals surface area contributed by atoms with Crippen LogP contribution in [0.25, 0.3) is 6.08 Å². The van der Waals surface area contributed by atoms with Crippen molar-refractivity contribution in [1.82, 2.24) is 4.90 Å². The molecule has 0 bridgehead atoms. The van der Waals surface area contributed by atoms with Gasteiger partial charge in [0.1, 0.15) is 5.60 Å². The van der Waals surface area contributed by atoms with E-state index in [1.165, 1.54) is 7.11 Å². The quantitative estimate of drug-likeness (QED) is 0.490. The van der Waals surface area contributed by atoms with E-state index in [4.69, 9.17) is 9.47 Å². The highest BCUT2D eigenvalue weighted by atomic mass is 16.6. The predicted molar refractivity (Wildman–Crippen MR) is 108 cm³/mol. The third-order valence-corrected chi connectivity index (χ3v) is 3.98. The fourth-order valence-corrected chi connectivity index (χ4v) is 2.56. The highest BCUT2D eigenvalue weighted by Gasteiger charge is 2.33. The molecule has 27 heavy (non-hydrogen) atoms. The largest absolute Gasteiger partial charge is 0.469 e. The second-order valence-electron chi connectivity index (χ2n) is 7.31. The predicted octanol–water partition coefficient (Wildman–Crippen LogP) is 4.69. The van der Waals surface area contributed by atoms with Gasteiger partial charge in [-0.2, -0.15) is 0 Å². The zero-order chi connectivity index (χ0) is 20.4. The van der Waals surface area contributed by atoms with Gasteiger partial charge >= 0.3 is 12.1 Å². The summed E-state index contributed by atoms with van der Waals surface area (Å²) in [6.07, 6.45) is 5.51. The van der Waals surface area contributed by atoms with Gasteiger partial charge in [0, 0.05) is 12.6 Å². The number of hydrogen-bond acceptors (Lipinski definition) is 4. The van der Waals surface area contributed by atoms with E-state index in [0.717, 1.165) is 5.56 Å². The van der Waals surface area contributed by atoms with Crippen molar-refractivity contribution in [2.75, 3.05) is 13.7 Å². The molecule has 1 aromatic carbocycles. The first-order chi connectivity index (χ1) is 12.7. The van der Waals surface area contributed by atoms with Crippen molar-refractivity contribution < 1.29 is 19.1 Å². The second-order valence-corrected chi connectivity index (χ2v) is 7.31. The second kappa shape index (κ2) is 10.6. The molecule has 148 valence electrons. The number of carbonyl (C=O) groups is 2. The van der Waals surface area contributed by atoms with Gasteiger partial charge in [-0.1, -0.05) is 48.6 Å². The van der Waals surface area contributed by atoms with Crippen molar-refractivity contribution in [2.45, 2.75) is 45.8 Å². The van der Waals surface area contributed by atoms with Crippen LogP contribution in [0.3, 0.4) is 0 Å². The van der Waals surface area contributed by atoms with Crippen LogP contribution in [0.4, 0.5) is 4.79 Å². The van der Waals surface area contributed by atoms with Crippen molar-refractivity contribution in [3.8, 4) is 0 Å². The maximum absolute atomic E-state index is 12.7. The van der Waals surface area contributed by atoms with E-state index >= 15 is 0 Å². The first-order valence-electron chi connectivity index (χ1n) is 9.11. The molecule has 0 saturated heterocycles. The Hall–Kier alpha value is -2.56. The maximum Gasteiger partial charge on any atom is 0.410 e. The van der Waals surface area contributed by atoms with Gasteiger partial charge in [0.2, 0.25) is 0 Å². The minimum Gasteiger partial charge on any atom is -0.469 e. The Balaban J connectivity index is 3.10. The number of nitrogens with zero attached hydrogens (tertiary/aromatic N) is 1. The summed E-state index contributed by atoms with van der Waals surface area (Å²) in [5, 5.41) is 0. The van der Waals surface area contributed by atoms with Crippen LogP contribution in [-0.4, -0.2) is 42.3 Å². The summed E-state index contributed by atoms with van der Waals surface area (Å²) in [7, 11) is 1.35. The summed E-state index contributed by atoms with van der Waals surface area (Å²) in [4.78, 5) is 26.6. The minimum atomic E-state index is -0.621. The smallest absolute Gasteiger partial charge is 0.410 e. The molecule has 5 nitrogen and oxygen atoms in total. The van der Waals surface area contributed by atoms with Gasteiger partial charge in [-0.05, 0) is 39.7 Å². The summed E-state index contributed by atoms with van der Waals surface area (Å²) in [5.74, 6) is -1.02. The van der Waals surface area contributed by atoms with E-state index in [2.05, 4.69) is 6.58 Å². The molecule has 0 aliphatic rings. The fraction of sp³-hybridized carbons (Fsp3) is 0.455. The lowest BCUT2D eigenvalue weighted by atomic mass is 9.98. The number of carbonyl (C=O) groups excluding carboxylic acids is 2. The molecule has 0 fully saturated rings. The lowest BCUT2D eigenvalue weighted by Gasteiger charge is -2.34. The van der Waals surface area contributed by atoms with E-state index in [-0.39, 0.29) is 0 Å². The molecular weight excluding hydrogens is 342 g/mol. The van der Waals surface area contributed by atoms with Crippen LogP contribution in [0.2, 0.25) is 0 Å².